The molecule has 0 aliphatic heterocycles. The van der Waals surface area contributed by atoms with Crippen molar-refractivity contribution in [3.05, 3.63) is 59.4 Å². The molecule has 2 aromatic carbocycles. The van der Waals surface area contributed by atoms with Gasteiger partial charge in [0.2, 0.25) is 0 Å². The van der Waals surface area contributed by atoms with Crippen LogP contribution in [0.5, 0.6) is 0 Å². The Morgan fingerprint density at radius 1 is 1.19 bits per heavy atom. The summed E-state index contributed by atoms with van der Waals surface area (Å²) in [5.74, 6) is -1.71. The Labute approximate surface area is 122 Å². The molecule has 5 heteroatoms. The number of carboxylic acids is 1. The third kappa shape index (κ3) is 3.95. The lowest BCUT2D eigenvalue weighted by Gasteiger charge is -2.13. The van der Waals surface area contributed by atoms with Gasteiger partial charge in [0, 0.05) is 32.0 Å². The van der Waals surface area contributed by atoms with Gasteiger partial charge in [-0.1, -0.05) is 12.1 Å². The van der Waals surface area contributed by atoms with Gasteiger partial charge in [-0.2, -0.15) is 0 Å². The van der Waals surface area contributed by atoms with E-state index >= 15 is 0 Å². The van der Waals surface area contributed by atoms with Gasteiger partial charge in [-0.05, 0) is 35.9 Å². The smallest absolute Gasteiger partial charge is 0.335 e. The number of hydrogen-bond acceptors (Lipinski definition) is 3. The molecule has 0 bridgehead atoms. The first kappa shape index (κ1) is 14.8. The molecule has 0 aliphatic carbocycles. The predicted octanol–water partition coefficient (Wildman–Crippen LogP) is 3.20. The van der Waals surface area contributed by atoms with Crippen LogP contribution in [0.2, 0.25) is 0 Å². The van der Waals surface area contributed by atoms with Crippen molar-refractivity contribution in [2.45, 2.75) is 6.54 Å². The second kappa shape index (κ2) is 6.26. The number of halogens is 1. The molecular weight excluding hydrogens is 271 g/mol. The van der Waals surface area contributed by atoms with Crippen molar-refractivity contribution in [3.8, 4) is 0 Å². The van der Waals surface area contributed by atoms with Crippen molar-refractivity contribution in [1.82, 2.24) is 0 Å². The molecule has 0 aliphatic rings. The molecule has 0 fully saturated rings. The Morgan fingerprint density at radius 2 is 1.86 bits per heavy atom. The van der Waals surface area contributed by atoms with Crippen molar-refractivity contribution in [2.24, 2.45) is 0 Å². The van der Waals surface area contributed by atoms with Crippen molar-refractivity contribution in [2.75, 3.05) is 24.3 Å². The molecule has 4 nitrogen and oxygen atoms in total. The van der Waals surface area contributed by atoms with Gasteiger partial charge in [0.1, 0.15) is 5.82 Å². The molecule has 0 saturated heterocycles. The van der Waals surface area contributed by atoms with Crippen LogP contribution in [0.25, 0.3) is 0 Å². The summed E-state index contributed by atoms with van der Waals surface area (Å²) in [4.78, 5) is 12.9. The number of carbonyl (C=O) groups is 1. The van der Waals surface area contributed by atoms with Crippen LogP contribution in [-0.2, 0) is 6.54 Å². The summed E-state index contributed by atoms with van der Waals surface area (Å²) in [6, 6.07) is 11.6. The van der Waals surface area contributed by atoms with Crippen LogP contribution in [0.15, 0.2) is 42.5 Å². The van der Waals surface area contributed by atoms with E-state index in [1.807, 2.05) is 43.3 Å². The van der Waals surface area contributed by atoms with Crippen LogP contribution in [0.4, 0.5) is 15.8 Å². The maximum absolute atomic E-state index is 13.3. The summed E-state index contributed by atoms with van der Waals surface area (Å²) in [5, 5.41) is 11.9. The molecule has 2 rings (SSSR count). The van der Waals surface area contributed by atoms with Gasteiger partial charge in [0.15, 0.2) is 0 Å². The Bertz CT molecular complexity index is 639. The molecule has 2 aromatic rings. The third-order valence-electron chi connectivity index (χ3n) is 3.09. The summed E-state index contributed by atoms with van der Waals surface area (Å²) in [6.07, 6.45) is 0. The Balaban J connectivity index is 2.07. The first-order valence-corrected chi connectivity index (χ1v) is 6.50. The Kier molecular flexibility index (Phi) is 4.42. The second-order valence-electron chi connectivity index (χ2n) is 4.95. The number of hydrogen-bond donors (Lipinski definition) is 2. The second-order valence-corrected chi connectivity index (χ2v) is 4.95. The van der Waals surface area contributed by atoms with E-state index in [1.54, 1.807) is 0 Å². The molecule has 0 amide bonds. The zero-order chi connectivity index (χ0) is 15.4. The predicted molar refractivity (Wildman–Crippen MR) is 81.5 cm³/mol. The van der Waals surface area contributed by atoms with Gasteiger partial charge < -0.3 is 15.3 Å². The molecule has 0 saturated carbocycles. The van der Waals surface area contributed by atoms with Gasteiger partial charge in [-0.15, -0.1) is 0 Å². The van der Waals surface area contributed by atoms with E-state index in [9.17, 15) is 9.18 Å². The lowest BCUT2D eigenvalue weighted by molar-refractivity contribution is 0.0696. The van der Waals surface area contributed by atoms with E-state index in [4.69, 9.17) is 5.11 Å². The Hall–Kier alpha value is -2.56. The summed E-state index contributed by atoms with van der Waals surface area (Å²) >= 11 is 0. The first-order valence-electron chi connectivity index (χ1n) is 6.50. The van der Waals surface area contributed by atoms with E-state index in [0.29, 0.717) is 12.2 Å². The van der Waals surface area contributed by atoms with E-state index in [0.717, 1.165) is 17.3 Å². The molecule has 110 valence electrons. The largest absolute Gasteiger partial charge is 0.478 e. The van der Waals surface area contributed by atoms with Crippen LogP contribution < -0.4 is 10.2 Å². The van der Waals surface area contributed by atoms with Crippen LogP contribution in [-0.4, -0.2) is 25.2 Å². The number of rotatable bonds is 5. The minimum Gasteiger partial charge on any atom is -0.478 e. The first-order chi connectivity index (χ1) is 9.95. The Morgan fingerprint density at radius 3 is 2.43 bits per heavy atom. The lowest BCUT2D eigenvalue weighted by Crippen LogP contribution is -2.08. The number of nitrogens with zero attached hydrogens (tertiary/aromatic N) is 1. The van der Waals surface area contributed by atoms with Gasteiger partial charge in [0.25, 0.3) is 0 Å². The normalized spacial score (nSPS) is 10.2. The average molecular weight is 288 g/mol. The highest BCUT2D eigenvalue weighted by Crippen LogP contribution is 2.17. The van der Waals surface area contributed by atoms with E-state index in [2.05, 4.69) is 5.32 Å². The highest BCUT2D eigenvalue weighted by molar-refractivity contribution is 5.88. The van der Waals surface area contributed by atoms with Crippen molar-refractivity contribution in [3.63, 3.8) is 0 Å². The minimum absolute atomic E-state index is 0.0690. The summed E-state index contributed by atoms with van der Waals surface area (Å²) in [6.45, 7) is 0.496. The fraction of sp³-hybridized carbons (Fsp3) is 0.188. The molecule has 2 N–H and O–H groups in total. The molecule has 21 heavy (non-hydrogen) atoms. The van der Waals surface area contributed by atoms with E-state index in [-0.39, 0.29) is 5.56 Å². The number of anilines is 2. The molecular formula is C16H17FN2O2. The third-order valence-corrected chi connectivity index (χ3v) is 3.09. The summed E-state index contributed by atoms with van der Waals surface area (Å²) < 4.78 is 13.3. The van der Waals surface area contributed by atoms with Crippen LogP contribution in [0, 0.1) is 5.82 Å². The standard InChI is InChI=1S/C16H17FN2O2/c1-19(2)15-5-3-11(4-6-15)10-18-14-8-12(16(20)21)7-13(17)9-14/h3-9,18H,10H2,1-2H3,(H,20,21). The topological polar surface area (TPSA) is 52.6 Å². The lowest BCUT2D eigenvalue weighted by atomic mass is 10.1. The highest BCUT2D eigenvalue weighted by atomic mass is 19.1. The maximum atomic E-state index is 13.3. The van der Waals surface area contributed by atoms with Crippen molar-refractivity contribution >= 4 is 17.3 Å². The SMILES string of the molecule is CN(C)c1ccc(CNc2cc(F)cc(C(=O)O)c2)cc1. The minimum atomic E-state index is -1.15. The zero-order valence-corrected chi connectivity index (χ0v) is 11.9. The molecule has 0 spiro atoms. The molecule has 0 heterocycles. The number of nitrogens with one attached hydrogen (secondary N) is 1. The molecule has 0 aromatic heterocycles. The van der Waals surface area contributed by atoms with Crippen LogP contribution in [0.3, 0.4) is 0 Å². The average Bonchev–Trinajstić information content (AvgIpc) is 2.45. The maximum Gasteiger partial charge on any atom is 0.335 e. The van der Waals surface area contributed by atoms with Crippen molar-refractivity contribution < 1.29 is 14.3 Å². The molecule has 0 radical (unpaired) electrons. The molecule has 0 unspecified atom stereocenters. The van der Waals surface area contributed by atoms with Crippen molar-refractivity contribution in [1.29, 1.82) is 0 Å². The summed E-state index contributed by atoms with van der Waals surface area (Å²) in [5.41, 5.74) is 2.50. The van der Waals surface area contributed by atoms with Crippen LogP contribution in [0.1, 0.15) is 15.9 Å². The highest BCUT2D eigenvalue weighted by Gasteiger charge is 2.07. The fourth-order valence-electron chi connectivity index (χ4n) is 1.93. The molecule has 0 atom stereocenters. The number of benzene rings is 2. The summed E-state index contributed by atoms with van der Waals surface area (Å²) in [7, 11) is 3.93. The van der Waals surface area contributed by atoms with Crippen LogP contribution >= 0.6 is 0 Å². The van der Waals surface area contributed by atoms with E-state index in [1.165, 1.54) is 12.1 Å². The van der Waals surface area contributed by atoms with Gasteiger partial charge >= 0.3 is 5.97 Å². The fourth-order valence-corrected chi connectivity index (χ4v) is 1.93. The quantitative estimate of drug-likeness (QED) is 0.887. The zero-order valence-electron chi connectivity index (χ0n) is 11.9. The van der Waals surface area contributed by atoms with Gasteiger partial charge in [-0.3, -0.25) is 0 Å². The number of aromatic carboxylic acids is 1. The monoisotopic (exact) mass is 288 g/mol. The number of carboxylic acid groups (broad SMARTS) is 1. The van der Waals surface area contributed by atoms with Gasteiger partial charge in [-0.25, -0.2) is 9.18 Å². The van der Waals surface area contributed by atoms with Gasteiger partial charge in [0.05, 0.1) is 5.56 Å². The van der Waals surface area contributed by atoms with E-state index < -0.39 is 11.8 Å².